The summed E-state index contributed by atoms with van der Waals surface area (Å²) in [5.41, 5.74) is -0.662. The first-order valence-corrected chi connectivity index (χ1v) is 14.7. The van der Waals surface area contributed by atoms with Gasteiger partial charge in [-0.2, -0.15) is 4.98 Å². The van der Waals surface area contributed by atoms with Gasteiger partial charge in [0.1, 0.15) is 23.6 Å². The molecule has 1 N–H and O–H groups in total. The van der Waals surface area contributed by atoms with Gasteiger partial charge in [-0.25, -0.2) is 4.79 Å². The lowest BCUT2D eigenvalue weighted by atomic mass is 9.87. The minimum atomic E-state index is -2.12. The van der Waals surface area contributed by atoms with Crippen molar-refractivity contribution in [2.24, 2.45) is 5.92 Å². The first-order chi connectivity index (χ1) is 15.9. The molecule has 1 amide bonds. The number of hydrogen-bond acceptors (Lipinski definition) is 6. The van der Waals surface area contributed by atoms with Gasteiger partial charge in [0, 0.05) is 11.8 Å². The highest BCUT2D eigenvalue weighted by Crippen LogP contribution is 2.52. The van der Waals surface area contributed by atoms with Crippen molar-refractivity contribution in [1.82, 2.24) is 9.55 Å². The third-order valence-corrected chi connectivity index (χ3v) is 11.9. The predicted molar refractivity (Wildman–Crippen MR) is 132 cm³/mol. The molecule has 184 valence electrons. The SMILES string of the molecule is CC(C)[C@@]12CO[C@@H]([C@H](n3ccc(NC(=O)c4ccccc4)nc3=O)O1)[C@H]2O[Si](C)(C)C(C)(C)C. The summed E-state index contributed by atoms with van der Waals surface area (Å²) >= 11 is 0. The van der Waals surface area contributed by atoms with Gasteiger partial charge in [0.05, 0.1) is 6.61 Å². The molecule has 2 bridgehead atoms. The molecule has 3 heterocycles. The van der Waals surface area contributed by atoms with Gasteiger partial charge in [-0.05, 0) is 42.2 Å². The van der Waals surface area contributed by atoms with Gasteiger partial charge in [-0.3, -0.25) is 9.36 Å². The van der Waals surface area contributed by atoms with Gasteiger partial charge in [0.25, 0.3) is 5.91 Å². The van der Waals surface area contributed by atoms with Gasteiger partial charge >= 0.3 is 5.69 Å². The van der Waals surface area contributed by atoms with Crippen LogP contribution in [-0.4, -0.2) is 48.2 Å². The van der Waals surface area contributed by atoms with Crippen LogP contribution < -0.4 is 11.0 Å². The van der Waals surface area contributed by atoms with Crippen LogP contribution in [-0.2, 0) is 13.9 Å². The van der Waals surface area contributed by atoms with E-state index in [0.29, 0.717) is 12.2 Å². The van der Waals surface area contributed by atoms with Crippen molar-refractivity contribution >= 4 is 20.0 Å². The molecule has 2 aromatic rings. The largest absolute Gasteiger partial charge is 0.408 e. The number of nitrogens with one attached hydrogen (secondary N) is 1. The van der Waals surface area contributed by atoms with E-state index in [4.69, 9.17) is 13.9 Å². The number of rotatable bonds is 6. The number of benzene rings is 1. The summed E-state index contributed by atoms with van der Waals surface area (Å²) in [5, 5.41) is 2.71. The summed E-state index contributed by atoms with van der Waals surface area (Å²) in [4.78, 5) is 29.5. The molecule has 0 aliphatic carbocycles. The first-order valence-electron chi connectivity index (χ1n) is 11.8. The fourth-order valence-electron chi connectivity index (χ4n) is 4.26. The van der Waals surface area contributed by atoms with Crippen LogP contribution in [0.1, 0.15) is 51.2 Å². The quantitative estimate of drug-likeness (QED) is 0.617. The van der Waals surface area contributed by atoms with Gasteiger partial charge in [0.2, 0.25) is 0 Å². The zero-order valence-electron chi connectivity index (χ0n) is 21.0. The van der Waals surface area contributed by atoms with Gasteiger partial charge < -0.3 is 19.2 Å². The van der Waals surface area contributed by atoms with Crippen LogP contribution in [0.2, 0.25) is 18.1 Å². The van der Waals surface area contributed by atoms with Gasteiger partial charge in [0.15, 0.2) is 14.5 Å². The van der Waals surface area contributed by atoms with Crippen molar-refractivity contribution in [2.75, 3.05) is 11.9 Å². The molecule has 0 radical (unpaired) electrons. The topological polar surface area (TPSA) is 91.7 Å². The Bertz CT molecular complexity index is 1110. The van der Waals surface area contributed by atoms with Gasteiger partial charge in [-0.1, -0.05) is 52.8 Å². The van der Waals surface area contributed by atoms with Crippen LogP contribution in [0.4, 0.5) is 5.82 Å². The average molecular weight is 486 g/mol. The van der Waals surface area contributed by atoms with Crippen molar-refractivity contribution in [3.8, 4) is 0 Å². The van der Waals surface area contributed by atoms with Crippen molar-refractivity contribution < 1.29 is 18.7 Å². The van der Waals surface area contributed by atoms with Crippen molar-refractivity contribution in [3.63, 3.8) is 0 Å². The molecule has 34 heavy (non-hydrogen) atoms. The number of carbonyl (C=O) groups is 1. The molecule has 2 fully saturated rings. The number of fused-ring (bicyclic) bond motifs is 2. The number of hydrogen-bond donors (Lipinski definition) is 1. The fourth-order valence-corrected chi connectivity index (χ4v) is 5.58. The van der Waals surface area contributed by atoms with E-state index in [-0.39, 0.29) is 28.8 Å². The third kappa shape index (κ3) is 4.26. The summed E-state index contributed by atoms with van der Waals surface area (Å²) in [6.07, 6.45) is 0.260. The van der Waals surface area contributed by atoms with Crippen LogP contribution in [0.5, 0.6) is 0 Å². The van der Waals surface area contributed by atoms with Crippen LogP contribution in [0.15, 0.2) is 47.4 Å². The molecular formula is C25H35N3O5Si. The molecule has 4 rings (SSSR count). The lowest BCUT2D eigenvalue weighted by Crippen LogP contribution is -2.53. The van der Waals surface area contributed by atoms with E-state index in [1.165, 1.54) is 4.57 Å². The molecule has 8 nitrogen and oxygen atoms in total. The van der Waals surface area contributed by atoms with E-state index in [1.54, 1.807) is 36.5 Å². The molecule has 4 atom stereocenters. The Morgan fingerprint density at radius 1 is 1.24 bits per heavy atom. The lowest BCUT2D eigenvalue weighted by molar-refractivity contribution is -0.190. The van der Waals surface area contributed by atoms with E-state index in [9.17, 15) is 9.59 Å². The molecule has 2 saturated heterocycles. The van der Waals surface area contributed by atoms with Crippen molar-refractivity contribution in [2.45, 2.75) is 76.8 Å². The number of nitrogens with zero attached hydrogens (tertiary/aromatic N) is 2. The first kappa shape index (κ1) is 24.8. The van der Waals surface area contributed by atoms with E-state index in [1.807, 2.05) is 6.07 Å². The summed E-state index contributed by atoms with van der Waals surface area (Å²) in [5.74, 6) is -0.0106. The highest BCUT2D eigenvalue weighted by Gasteiger charge is 2.65. The Morgan fingerprint density at radius 2 is 1.91 bits per heavy atom. The minimum absolute atomic E-state index is 0.0275. The molecule has 0 spiro atoms. The number of amides is 1. The Morgan fingerprint density at radius 3 is 2.50 bits per heavy atom. The second kappa shape index (κ2) is 8.71. The Balaban J connectivity index is 1.59. The summed E-state index contributed by atoms with van der Waals surface area (Å²) in [7, 11) is -2.12. The molecule has 2 aliphatic rings. The summed E-state index contributed by atoms with van der Waals surface area (Å²) in [6, 6.07) is 10.4. The van der Waals surface area contributed by atoms with E-state index in [0.717, 1.165) is 0 Å². The molecule has 0 saturated carbocycles. The maximum absolute atomic E-state index is 13.0. The predicted octanol–water partition coefficient (Wildman–Crippen LogP) is 4.21. The number of ether oxygens (including phenoxy) is 2. The number of carbonyl (C=O) groups excluding carboxylic acids is 1. The molecular weight excluding hydrogens is 450 g/mol. The zero-order valence-corrected chi connectivity index (χ0v) is 22.0. The van der Waals surface area contributed by atoms with Crippen LogP contribution in [0.25, 0.3) is 0 Å². The third-order valence-electron chi connectivity index (χ3n) is 7.49. The normalized spacial score (nSPS) is 26.8. The second-order valence-electron chi connectivity index (χ2n) is 11.0. The second-order valence-corrected chi connectivity index (χ2v) is 15.8. The zero-order chi connectivity index (χ0) is 24.9. The number of aromatic nitrogens is 2. The van der Waals surface area contributed by atoms with E-state index < -0.39 is 31.9 Å². The highest BCUT2D eigenvalue weighted by molar-refractivity contribution is 6.74. The summed E-state index contributed by atoms with van der Waals surface area (Å²) < 4.78 is 21.0. The van der Waals surface area contributed by atoms with Crippen molar-refractivity contribution in [3.05, 3.63) is 58.6 Å². The Labute approximate surface area is 201 Å². The number of anilines is 1. The van der Waals surface area contributed by atoms with Crippen molar-refractivity contribution in [1.29, 1.82) is 0 Å². The molecule has 2 aliphatic heterocycles. The van der Waals surface area contributed by atoms with Gasteiger partial charge in [-0.15, -0.1) is 0 Å². The monoisotopic (exact) mass is 485 g/mol. The minimum Gasteiger partial charge on any atom is -0.408 e. The molecule has 0 unspecified atom stereocenters. The standard InChI is InChI=1S/C25H35N3O5Si/c1-16(2)25-15-31-19(20(25)33-34(6,7)24(3,4)5)22(32-25)28-14-13-18(27-23(28)30)26-21(29)17-11-9-8-10-12-17/h8-14,16,19-20,22H,15H2,1-7H3,(H,26,27,29,30)/t19-,20-,22-,25-/m1/s1. The highest BCUT2D eigenvalue weighted by atomic mass is 28.4. The van der Waals surface area contributed by atoms with Crippen LogP contribution >= 0.6 is 0 Å². The van der Waals surface area contributed by atoms with Crippen LogP contribution in [0, 0.1) is 5.92 Å². The fraction of sp³-hybridized carbons (Fsp3) is 0.560. The molecule has 1 aromatic heterocycles. The average Bonchev–Trinajstić information content (AvgIpc) is 3.26. The Kier molecular flexibility index (Phi) is 6.35. The Hall–Kier alpha value is -2.33. The lowest BCUT2D eigenvalue weighted by Gasteiger charge is -2.42. The summed E-state index contributed by atoms with van der Waals surface area (Å²) in [6.45, 7) is 15.7. The van der Waals surface area contributed by atoms with E-state index >= 15 is 0 Å². The smallest absolute Gasteiger partial charge is 0.351 e. The molecule has 1 aromatic carbocycles. The maximum Gasteiger partial charge on any atom is 0.351 e. The van der Waals surface area contributed by atoms with Crippen LogP contribution in [0.3, 0.4) is 0 Å². The van der Waals surface area contributed by atoms with E-state index in [2.05, 4.69) is 58.0 Å². The maximum atomic E-state index is 13.0. The molecule has 9 heteroatoms.